The molecule has 0 fully saturated rings. The van der Waals surface area contributed by atoms with Crippen molar-refractivity contribution in [2.75, 3.05) is 13.2 Å². The second kappa shape index (κ2) is 14.0. The van der Waals surface area contributed by atoms with Crippen molar-refractivity contribution in [3.05, 3.63) is 127 Å². The maximum Gasteiger partial charge on any atom is 0.347 e. The number of ether oxygens (including phenoxy) is 3. The van der Waals surface area contributed by atoms with Crippen molar-refractivity contribution in [2.24, 2.45) is 0 Å². The number of nitrogens with zero attached hydrogens (tertiary/aromatic N) is 2. The van der Waals surface area contributed by atoms with Gasteiger partial charge in [0.05, 0.1) is 18.8 Å². The molecule has 6 rings (SSSR count). The largest absolute Gasteiger partial charge is 0.493 e. The third kappa shape index (κ3) is 7.10. The molecule has 0 spiro atoms. The van der Waals surface area contributed by atoms with Gasteiger partial charge in [0.15, 0.2) is 11.7 Å². The number of esters is 1. The number of para-hydroxylation sites is 3. The average molecular weight is 601 g/mol. The van der Waals surface area contributed by atoms with Gasteiger partial charge in [-0.05, 0) is 92.1 Å². The van der Waals surface area contributed by atoms with E-state index in [1.807, 2.05) is 103 Å². The van der Waals surface area contributed by atoms with Crippen LogP contribution in [-0.2, 0) is 22.5 Å². The van der Waals surface area contributed by atoms with Crippen molar-refractivity contribution in [1.82, 2.24) is 9.55 Å². The Kier molecular flexibility index (Phi) is 9.25. The van der Waals surface area contributed by atoms with E-state index in [0.29, 0.717) is 31.3 Å². The first-order valence-electron chi connectivity index (χ1n) is 15.3. The van der Waals surface area contributed by atoms with Crippen molar-refractivity contribution in [3.8, 4) is 34.2 Å². The molecule has 228 valence electrons. The van der Waals surface area contributed by atoms with Crippen LogP contribution in [0, 0.1) is 6.92 Å². The molecule has 2 heterocycles. The second-order valence-corrected chi connectivity index (χ2v) is 10.8. The summed E-state index contributed by atoms with van der Waals surface area (Å²) in [5.41, 5.74) is 6.77. The van der Waals surface area contributed by atoms with Gasteiger partial charge in [0.1, 0.15) is 17.0 Å². The third-order valence-corrected chi connectivity index (χ3v) is 7.64. The maximum atomic E-state index is 12.7. The first-order chi connectivity index (χ1) is 22.1. The Balaban J connectivity index is 1.10. The van der Waals surface area contributed by atoms with Gasteiger partial charge < -0.3 is 23.2 Å². The summed E-state index contributed by atoms with van der Waals surface area (Å²) in [5, 5.41) is 0. The fraction of sp³-hybridized carbons (Fsp3) is 0.211. The highest BCUT2D eigenvalue weighted by atomic mass is 16.6. The van der Waals surface area contributed by atoms with Crippen molar-refractivity contribution in [2.45, 2.75) is 39.3 Å². The molecule has 7 heteroatoms. The molecule has 0 N–H and O–H groups in total. The first kappa shape index (κ1) is 29.8. The Morgan fingerprint density at radius 2 is 1.62 bits per heavy atom. The quantitative estimate of drug-likeness (QED) is 0.0981. The lowest BCUT2D eigenvalue weighted by Crippen LogP contribution is -2.31. The van der Waals surface area contributed by atoms with Gasteiger partial charge in [-0.1, -0.05) is 54.6 Å². The maximum absolute atomic E-state index is 12.7. The summed E-state index contributed by atoms with van der Waals surface area (Å²) < 4.78 is 25.9. The van der Waals surface area contributed by atoms with E-state index in [1.54, 1.807) is 6.92 Å². The number of aryl methyl sites for hydroxylation is 1. The molecular weight excluding hydrogens is 564 g/mol. The number of aromatic nitrogens is 2. The van der Waals surface area contributed by atoms with Gasteiger partial charge in [-0.2, -0.15) is 0 Å². The number of hydrogen-bond donors (Lipinski definition) is 0. The van der Waals surface area contributed by atoms with Gasteiger partial charge in [0, 0.05) is 24.4 Å². The first-order valence-corrected chi connectivity index (χ1v) is 15.3. The van der Waals surface area contributed by atoms with E-state index in [0.717, 1.165) is 52.2 Å². The minimum Gasteiger partial charge on any atom is -0.493 e. The molecule has 0 radical (unpaired) electrons. The summed E-state index contributed by atoms with van der Waals surface area (Å²) >= 11 is 0. The predicted octanol–water partition coefficient (Wildman–Crippen LogP) is 8.29. The topological polar surface area (TPSA) is 75.7 Å². The summed E-state index contributed by atoms with van der Waals surface area (Å²) in [6.07, 6.45) is 0.522. The minimum atomic E-state index is -0.725. The molecule has 7 nitrogen and oxygen atoms in total. The molecule has 0 saturated carbocycles. The summed E-state index contributed by atoms with van der Waals surface area (Å²) in [5.74, 6) is 1.55. The molecule has 0 aliphatic rings. The molecular formula is C38H36N2O5. The van der Waals surface area contributed by atoms with Crippen LogP contribution in [0.4, 0.5) is 0 Å². The zero-order chi connectivity index (χ0) is 31.0. The summed E-state index contributed by atoms with van der Waals surface area (Å²) in [6.45, 7) is 5.54. The zero-order valence-corrected chi connectivity index (χ0v) is 25.5. The lowest BCUT2D eigenvalue weighted by molar-refractivity contribution is -0.151. The molecule has 0 saturated heterocycles. The van der Waals surface area contributed by atoms with E-state index in [4.69, 9.17) is 18.6 Å². The van der Waals surface area contributed by atoms with Gasteiger partial charge >= 0.3 is 5.97 Å². The smallest absolute Gasteiger partial charge is 0.347 e. The summed E-state index contributed by atoms with van der Waals surface area (Å²) in [6, 6.07) is 37.5. The van der Waals surface area contributed by atoms with Crippen LogP contribution >= 0.6 is 0 Å². The highest BCUT2D eigenvalue weighted by molar-refractivity contribution is 5.77. The van der Waals surface area contributed by atoms with Crippen molar-refractivity contribution in [1.29, 1.82) is 0 Å². The Bertz CT molecular complexity index is 1820. The highest BCUT2D eigenvalue weighted by Crippen LogP contribution is 2.32. The van der Waals surface area contributed by atoms with E-state index in [1.165, 1.54) is 5.69 Å². The number of fused-ring (bicyclic) bond motifs is 1. The lowest BCUT2D eigenvalue weighted by Gasteiger charge is -2.18. The predicted molar refractivity (Wildman–Crippen MR) is 175 cm³/mol. The number of hydrogen-bond acceptors (Lipinski definition) is 6. The monoisotopic (exact) mass is 600 g/mol. The Morgan fingerprint density at radius 1 is 0.867 bits per heavy atom. The Labute approximate surface area is 263 Å². The van der Waals surface area contributed by atoms with Crippen molar-refractivity contribution in [3.63, 3.8) is 0 Å². The van der Waals surface area contributed by atoms with Crippen LogP contribution in [0.3, 0.4) is 0 Å². The van der Waals surface area contributed by atoms with Crippen LogP contribution in [0.15, 0.2) is 120 Å². The van der Waals surface area contributed by atoms with Crippen molar-refractivity contribution >= 4 is 17.1 Å². The molecule has 45 heavy (non-hydrogen) atoms. The van der Waals surface area contributed by atoms with Crippen LogP contribution in [0.2, 0.25) is 0 Å². The second-order valence-electron chi connectivity index (χ2n) is 10.8. The average Bonchev–Trinajstić information content (AvgIpc) is 3.67. The van der Waals surface area contributed by atoms with Crippen LogP contribution in [-0.4, -0.2) is 34.8 Å². The van der Waals surface area contributed by atoms with Gasteiger partial charge in [-0.3, -0.25) is 0 Å². The number of benzene rings is 4. The van der Waals surface area contributed by atoms with E-state index < -0.39 is 6.10 Å². The molecule has 1 atom stereocenters. The molecule has 2 aromatic heterocycles. The normalized spacial score (nSPS) is 11.8. The third-order valence-electron chi connectivity index (χ3n) is 7.64. The Hall–Kier alpha value is -5.30. The fourth-order valence-corrected chi connectivity index (χ4v) is 5.38. The van der Waals surface area contributed by atoms with Crippen LogP contribution in [0.25, 0.3) is 33.8 Å². The van der Waals surface area contributed by atoms with Gasteiger partial charge in [-0.25, -0.2) is 9.78 Å². The molecule has 0 aliphatic carbocycles. The molecule has 6 aromatic rings. The lowest BCUT2D eigenvalue weighted by atomic mass is 10.1. The molecule has 4 aromatic carbocycles. The zero-order valence-electron chi connectivity index (χ0n) is 25.5. The number of carbonyl (C=O) groups is 1. The molecule has 0 unspecified atom stereocenters. The molecule has 0 bridgehead atoms. The number of oxazole rings is 1. The van der Waals surface area contributed by atoms with Crippen LogP contribution in [0.5, 0.6) is 11.5 Å². The standard InChI is InChI=1S/C38H36N2O5/c1-3-42-38(41)36(26-28-12-5-4-6-13-28)44-30-21-19-29(20-22-30)33-23-18-27(2)40(33)24-11-25-43-34-16-9-7-14-31(34)37-39-32-15-8-10-17-35(32)45-37/h4-10,12-23,36H,3,11,24-26H2,1-2H3/t36-/m1/s1. The Morgan fingerprint density at radius 3 is 2.42 bits per heavy atom. The van der Waals surface area contributed by atoms with E-state index in [9.17, 15) is 4.79 Å². The highest BCUT2D eigenvalue weighted by Gasteiger charge is 2.23. The molecule has 0 amide bonds. The summed E-state index contributed by atoms with van der Waals surface area (Å²) in [7, 11) is 0. The number of carbonyl (C=O) groups excluding carboxylic acids is 1. The summed E-state index contributed by atoms with van der Waals surface area (Å²) in [4.78, 5) is 17.3. The fourth-order valence-electron chi connectivity index (χ4n) is 5.38. The van der Waals surface area contributed by atoms with Crippen LogP contribution in [0.1, 0.15) is 24.6 Å². The van der Waals surface area contributed by atoms with Gasteiger partial charge in [0.2, 0.25) is 5.89 Å². The van der Waals surface area contributed by atoms with Crippen molar-refractivity contribution < 1.29 is 23.4 Å². The SMILES string of the molecule is CCOC(=O)[C@@H](Cc1ccccc1)Oc1ccc(-c2ccc(C)n2CCCOc2ccccc2-c2nc3ccccc3o2)cc1. The van der Waals surface area contributed by atoms with Crippen LogP contribution < -0.4 is 9.47 Å². The number of rotatable bonds is 13. The molecule has 0 aliphatic heterocycles. The van der Waals surface area contributed by atoms with E-state index in [-0.39, 0.29) is 5.97 Å². The minimum absolute atomic E-state index is 0.304. The van der Waals surface area contributed by atoms with Gasteiger partial charge in [0.25, 0.3) is 0 Å². The van der Waals surface area contributed by atoms with Gasteiger partial charge in [-0.15, -0.1) is 0 Å². The van der Waals surface area contributed by atoms with E-state index >= 15 is 0 Å². The van der Waals surface area contributed by atoms with E-state index in [2.05, 4.69) is 28.6 Å².